The van der Waals surface area contributed by atoms with Gasteiger partial charge in [-0.05, 0) is 30.7 Å². The molecule has 0 heterocycles. The lowest BCUT2D eigenvalue weighted by Gasteiger charge is -2.24. The van der Waals surface area contributed by atoms with Crippen molar-refractivity contribution in [2.45, 2.75) is 44.4 Å². The first-order valence-electron chi connectivity index (χ1n) is 5.43. The molecule has 0 aromatic rings. The molecule has 0 aliphatic heterocycles. The van der Waals surface area contributed by atoms with Crippen LogP contribution in [0.25, 0.3) is 0 Å². The zero-order chi connectivity index (χ0) is 9.47. The van der Waals surface area contributed by atoms with Crippen molar-refractivity contribution in [2.24, 2.45) is 5.92 Å². The minimum absolute atomic E-state index is 0.881. The Morgan fingerprint density at radius 1 is 1.31 bits per heavy atom. The molecule has 2 aliphatic carbocycles. The minimum Gasteiger partial charge on any atom is -0.0839 e. The summed E-state index contributed by atoms with van der Waals surface area (Å²) in [4.78, 5) is 0. The SMILES string of the molecule is C[Si](C)(C)C1CC2=CC=CCC2C1. The third kappa shape index (κ3) is 1.80. The van der Waals surface area contributed by atoms with Gasteiger partial charge in [0, 0.05) is 8.07 Å². The highest BCUT2D eigenvalue weighted by molar-refractivity contribution is 6.77. The van der Waals surface area contributed by atoms with Gasteiger partial charge in [0.25, 0.3) is 0 Å². The highest BCUT2D eigenvalue weighted by Gasteiger charge is 2.36. The van der Waals surface area contributed by atoms with Gasteiger partial charge in [-0.1, -0.05) is 43.4 Å². The maximum absolute atomic E-state index is 2.52. The van der Waals surface area contributed by atoms with Crippen LogP contribution >= 0.6 is 0 Å². The summed E-state index contributed by atoms with van der Waals surface area (Å²) in [6, 6.07) is 0. The number of hydrogen-bond donors (Lipinski definition) is 0. The van der Waals surface area contributed by atoms with Crippen LogP contribution in [0.4, 0.5) is 0 Å². The summed E-state index contributed by atoms with van der Waals surface area (Å²) >= 11 is 0. The predicted molar refractivity (Wildman–Crippen MR) is 61.7 cm³/mol. The largest absolute Gasteiger partial charge is 0.0839 e. The summed E-state index contributed by atoms with van der Waals surface area (Å²) in [6.45, 7) is 7.55. The summed E-state index contributed by atoms with van der Waals surface area (Å²) < 4.78 is 0. The number of rotatable bonds is 1. The van der Waals surface area contributed by atoms with Gasteiger partial charge in [0.2, 0.25) is 0 Å². The van der Waals surface area contributed by atoms with E-state index in [-0.39, 0.29) is 0 Å². The van der Waals surface area contributed by atoms with Gasteiger partial charge in [-0.25, -0.2) is 0 Å². The molecule has 0 nitrogen and oxygen atoms in total. The molecule has 0 N–H and O–H groups in total. The van der Waals surface area contributed by atoms with E-state index in [9.17, 15) is 0 Å². The molecule has 0 amide bonds. The molecule has 1 saturated carbocycles. The van der Waals surface area contributed by atoms with E-state index in [0.717, 1.165) is 11.5 Å². The first-order valence-corrected chi connectivity index (χ1v) is 9.00. The fourth-order valence-corrected chi connectivity index (χ4v) is 4.41. The number of fused-ring (bicyclic) bond motifs is 1. The lowest BCUT2D eigenvalue weighted by Crippen LogP contribution is -2.26. The molecule has 0 saturated heterocycles. The van der Waals surface area contributed by atoms with Crippen LogP contribution in [0, 0.1) is 5.92 Å². The van der Waals surface area contributed by atoms with Gasteiger partial charge in [0.1, 0.15) is 0 Å². The quantitative estimate of drug-likeness (QED) is 0.551. The monoisotopic (exact) mass is 192 g/mol. The first-order chi connectivity index (χ1) is 6.07. The second-order valence-electron chi connectivity index (χ2n) is 5.61. The van der Waals surface area contributed by atoms with E-state index in [1.807, 2.05) is 0 Å². The Kier molecular flexibility index (Phi) is 2.23. The highest BCUT2D eigenvalue weighted by Crippen LogP contribution is 2.47. The highest BCUT2D eigenvalue weighted by atomic mass is 28.3. The second kappa shape index (κ2) is 3.12. The van der Waals surface area contributed by atoms with Gasteiger partial charge in [-0.2, -0.15) is 0 Å². The molecule has 2 rings (SSSR count). The molecule has 0 bridgehead atoms. The minimum atomic E-state index is -0.881. The van der Waals surface area contributed by atoms with E-state index in [2.05, 4.69) is 37.9 Å². The molecule has 0 spiro atoms. The summed E-state index contributed by atoms with van der Waals surface area (Å²) in [5.41, 5.74) is 2.79. The second-order valence-corrected chi connectivity index (χ2v) is 11.2. The Bertz CT molecular complexity index is 255. The van der Waals surface area contributed by atoms with Crippen molar-refractivity contribution in [2.75, 3.05) is 0 Å². The fraction of sp³-hybridized carbons (Fsp3) is 0.667. The Hall–Kier alpha value is -0.303. The van der Waals surface area contributed by atoms with Gasteiger partial charge >= 0.3 is 0 Å². The van der Waals surface area contributed by atoms with Crippen molar-refractivity contribution in [1.82, 2.24) is 0 Å². The predicted octanol–water partition coefficient (Wildman–Crippen LogP) is 3.99. The third-order valence-electron chi connectivity index (χ3n) is 3.67. The summed E-state index contributed by atoms with van der Waals surface area (Å²) in [5.74, 6) is 0.918. The molecule has 1 heteroatoms. The van der Waals surface area contributed by atoms with Gasteiger partial charge in [-0.3, -0.25) is 0 Å². The zero-order valence-corrected chi connectivity index (χ0v) is 10.0. The molecule has 2 atom stereocenters. The normalized spacial score (nSPS) is 33.0. The van der Waals surface area contributed by atoms with E-state index in [4.69, 9.17) is 0 Å². The average molecular weight is 192 g/mol. The lowest BCUT2D eigenvalue weighted by atomic mass is 9.95. The molecule has 2 aliphatic rings. The fourth-order valence-electron chi connectivity index (χ4n) is 2.58. The van der Waals surface area contributed by atoms with Gasteiger partial charge in [0.15, 0.2) is 0 Å². The van der Waals surface area contributed by atoms with Crippen LogP contribution in [0.5, 0.6) is 0 Å². The van der Waals surface area contributed by atoms with E-state index in [0.29, 0.717) is 0 Å². The molecule has 72 valence electrons. The molecule has 0 radical (unpaired) electrons. The number of hydrogen-bond acceptors (Lipinski definition) is 0. The summed E-state index contributed by atoms with van der Waals surface area (Å²) in [7, 11) is -0.881. The molecular formula is C12H20Si. The summed E-state index contributed by atoms with van der Waals surface area (Å²) in [6.07, 6.45) is 11.1. The zero-order valence-electron chi connectivity index (χ0n) is 9.01. The topological polar surface area (TPSA) is 0 Å². The summed E-state index contributed by atoms with van der Waals surface area (Å²) in [5, 5.41) is 0. The standard InChI is InChI=1S/C12H20Si/c1-13(2,3)12-8-10-6-4-5-7-11(10)9-12/h4-6,11-12H,7-9H2,1-3H3. The van der Waals surface area contributed by atoms with Crippen LogP contribution in [0.2, 0.25) is 25.2 Å². The smallest absolute Gasteiger partial charge is 0.0477 e. The van der Waals surface area contributed by atoms with Crippen LogP contribution < -0.4 is 0 Å². The van der Waals surface area contributed by atoms with E-state index in [1.165, 1.54) is 19.3 Å². The molecule has 0 aromatic heterocycles. The Labute approximate surface area is 82.7 Å². The maximum atomic E-state index is 2.52. The van der Waals surface area contributed by atoms with E-state index in [1.54, 1.807) is 5.57 Å². The van der Waals surface area contributed by atoms with Gasteiger partial charge < -0.3 is 0 Å². The van der Waals surface area contributed by atoms with Crippen molar-refractivity contribution in [3.8, 4) is 0 Å². The molecular weight excluding hydrogens is 172 g/mol. The van der Waals surface area contributed by atoms with Crippen LogP contribution in [0.3, 0.4) is 0 Å². The molecule has 13 heavy (non-hydrogen) atoms. The van der Waals surface area contributed by atoms with Crippen molar-refractivity contribution in [1.29, 1.82) is 0 Å². The van der Waals surface area contributed by atoms with Crippen molar-refractivity contribution >= 4 is 8.07 Å². The van der Waals surface area contributed by atoms with Gasteiger partial charge in [-0.15, -0.1) is 0 Å². The van der Waals surface area contributed by atoms with Crippen molar-refractivity contribution in [3.63, 3.8) is 0 Å². The number of allylic oxidation sites excluding steroid dienone is 4. The van der Waals surface area contributed by atoms with Crippen LogP contribution in [0.1, 0.15) is 19.3 Å². The van der Waals surface area contributed by atoms with Crippen molar-refractivity contribution < 1.29 is 0 Å². The van der Waals surface area contributed by atoms with E-state index >= 15 is 0 Å². The van der Waals surface area contributed by atoms with Gasteiger partial charge in [0.05, 0.1) is 0 Å². The Morgan fingerprint density at radius 3 is 2.69 bits per heavy atom. The van der Waals surface area contributed by atoms with Crippen LogP contribution in [0.15, 0.2) is 23.8 Å². The van der Waals surface area contributed by atoms with Crippen LogP contribution in [-0.2, 0) is 0 Å². The van der Waals surface area contributed by atoms with E-state index < -0.39 is 8.07 Å². The molecule has 2 unspecified atom stereocenters. The lowest BCUT2D eigenvalue weighted by molar-refractivity contribution is 0.626. The molecule has 1 fully saturated rings. The van der Waals surface area contributed by atoms with Crippen molar-refractivity contribution in [3.05, 3.63) is 23.8 Å². The average Bonchev–Trinajstić information content (AvgIpc) is 2.45. The Morgan fingerprint density at radius 2 is 2.08 bits per heavy atom. The van der Waals surface area contributed by atoms with Crippen LogP contribution in [-0.4, -0.2) is 8.07 Å². The Balaban J connectivity index is 2.11. The first kappa shape index (κ1) is 9.26. The molecule has 0 aromatic carbocycles. The maximum Gasteiger partial charge on any atom is 0.0477 e. The third-order valence-corrected chi connectivity index (χ3v) is 6.56.